The third kappa shape index (κ3) is 5.08. The van der Waals surface area contributed by atoms with E-state index in [1.165, 1.54) is 13.2 Å². The van der Waals surface area contributed by atoms with Gasteiger partial charge in [-0.1, -0.05) is 5.57 Å². The van der Waals surface area contributed by atoms with Crippen LogP contribution in [0, 0.1) is 0 Å². The second kappa shape index (κ2) is 8.07. The first-order valence-electron chi connectivity index (χ1n) is 6.80. The van der Waals surface area contributed by atoms with Gasteiger partial charge in [0.2, 0.25) is 11.8 Å². The van der Waals surface area contributed by atoms with Crippen LogP contribution in [0.25, 0.3) is 0 Å². The number of amides is 2. The molecule has 0 radical (unpaired) electrons. The first-order valence-corrected chi connectivity index (χ1v) is 7.85. The van der Waals surface area contributed by atoms with Crippen LogP contribution in [0.4, 0.5) is 0 Å². The Balaban J connectivity index is 2.63. The number of ether oxygens (including phenoxy) is 1. The van der Waals surface area contributed by atoms with Crippen LogP contribution in [0.2, 0.25) is 0 Å². The van der Waals surface area contributed by atoms with E-state index in [-0.39, 0.29) is 36.1 Å². The number of nitrogens with zero attached hydrogens (tertiary/aromatic N) is 1. The van der Waals surface area contributed by atoms with Crippen molar-refractivity contribution >= 4 is 29.5 Å². The highest BCUT2D eigenvalue weighted by Gasteiger charge is 2.38. The summed E-state index contributed by atoms with van der Waals surface area (Å²) < 4.78 is 4.51. The average molecular weight is 314 g/mol. The van der Waals surface area contributed by atoms with Crippen molar-refractivity contribution in [3.8, 4) is 0 Å². The van der Waals surface area contributed by atoms with Crippen LogP contribution >= 0.6 is 11.8 Å². The molecular weight excluding hydrogens is 292 g/mol. The van der Waals surface area contributed by atoms with Crippen LogP contribution in [-0.2, 0) is 19.1 Å². The summed E-state index contributed by atoms with van der Waals surface area (Å²) in [4.78, 5) is 37.0. The van der Waals surface area contributed by atoms with Gasteiger partial charge < -0.3 is 15.0 Å². The fourth-order valence-electron chi connectivity index (χ4n) is 2.01. The Morgan fingerprint density at radius 3 is 2.62 bits per heavy atom. The van der Waals surface area contributed by atoms with Crippen LogP contribution < -0.4 is 5.32 Å². The van der Waals surface area contributed by atoms with Crippen molar-refractivity contribution in [2.75, 3.05) is 19.4 Å². The molecule has 0 aromatic rings. The maximum Gasteiger partial charge on any atom is 0.307 e. The largest absolute Gasteiger partial charge is 0.469 e. The first kappa shape index (κ1) is 17.6. The first-order chi connectivity index (χ1) is 9.86. The Hall–Kier alpha value is -1.50. The monoisotopic (exact) mass is 314 g/mol. The highest BCUT2D eigenvalue weighted by molar-refractivity contribution is 8.00. The van der Waals surface area contributed by atoms with Gasteiger partial charge in [-0.05, 0) is 20.8 Å². The third-order valence-electron chi connectivity index (χ3n) is 3.05. The summed E-state index contributed by atoms with van der Waals surface area (Å²) in [6.45, 7) is 5.81. The zero-order valence-electron chi connectivity index (χ0n) is 12.8. The second-order valence-electron chi connectivity index (χ2n) is 5.03. The SMILES string of the molecule is COC(=O)CCNC(=O)C1CSC(C)N1C(=O)C=C(C)C. The second-order valence-corrected chi connectivity index (χ2v) is 6.38. The van der Waals surface area contributed by atoms with E-state index >= 15 is 0 Å². The smallest absolute Gasteiger partial charge is 0.307 e. The summed E-state index contributed by atoms with van der Waals surface area (Å²) in [5.41, 5.74) is 0.897. The Labute approximate surface area is 129 Å². The molecule has 0 aromatic heterocycles. The number of hydrogen-bond acceptors (Lipinski definition) is 5. The highest BCUT2D eigenvalue weighted by atomic mass is 32.2. The molecule has 7 heteroatoms. The fraction of sp³-hybridized carbons (Fsp3) is 0.643. The van der Waals surface area contributed by atoms with E-state index in [4.69, 9.17) is 0 Å². The van der Waals surface area contributed by atoms with Crippen LogP contribution in [0.3, 0.4) is 0 Å². The van der Waals surface area contributed by atoms with E-state index in [0.29, 0.717) is 5.75 Å². The van der Waals surface area contributed by atoms with Gasteiger partial charge in [0.05, 0.1) is 18.9 Å². The van der Waals surface area contributed by atoms with Crippen molar-refractivity contribution in [2.24, 2.45) is 0 Å². The van der Waals surface area contributed by atoms with Crippen LogP contribution in [-0.4, -0.2) is 53.5 Å². The number of nitrogens with one attached hydrogen (secondary N) is 1. The van der Waals surface area contributed by atoms with Crippen molar-refractivity contribution in [3.63, 3.8) is 0 Å². The average Bonchev–Trinajstić information content (AvgIpc) is 2.79. The summed E-state index contributed by atoms with van der Waals surface area (Å²) in [5, 5.41) is 2.64. The van der Waals surface area contributed by atoms with E-state index in [9.17, 15) is 14.4 Å². The van der Waals surface area contributed by atoms with Gasteiger partial charge in [0.25, 0.3) is 0 Å². The molecule has 1 aliphatic heterocycles. The van der Waals surface area contributed by atoms with E-state index in [2.05, 4.69) is 10.1 Å². The number of carbonyl (C=O) groups is 3. The minimum absolute atomic E-state index is 0.0375. The minimum Gasteiger partial charge on any atom is -0.469 e. The third-order valence-corrected chi connectivity index (χ3v) is 4.27. The Kier molecular flexibility index (Phi) is 6.74. The molecule has 1 heterocycles. The van der Waals surface area contributed by atoms with E-state index in [0.717, 1.165) is 5.57 Å². The molecule has 0 aliphatic carbocycles. The van der Waals surface area contributed by atoms with Gasteiger partial charge in [-0.15, -0.1) is 11.8 Å². The van der Waals surface area contributed by atoms with Crippen molar-refractivity contribution in [2.45, 2.75) is 38.6 Å². The molecule has 118 valence electrons. The van der Waals surface area contributed by atoms with Crippen molar-refractivity contribution in [3.05, 3.63) is 11.6 Å². The maximum absolute atomic E-state index is 12.2. The predicted molar refractivity (Wildman–Crippen MR) is 81.6 cm³/mol. The lowest BCUT2D eigenvalue weighted by molar-refractivity contribution is -0.141. The molecule has 2 atom stereocenters. The Morgan fingerprint density at radius 1 is 1.38 bits per heavy atom. The van der Waals surface area contributed by atoms with Gasteiger partial charge in [0, 0.05) is 18.4 Å². The van der Waals surface area contributed by atoms with Gasteiger partial charge in [-0.2, -0.15) is 0 Å². The molecule has 0 aromatic carbocycles. The molecular formula is C14H22N2O4S. The molecule has 0 spiro atoms. The number of thioether (sulfide) groups is 1. The number of esters is 1. The summed E-state index contributed by atoms with van der Waals surface area (Å²) in [6.07, 6.45) is 1.66. The lowest BCUT2D eigenvalue weighted by Gasteiger charge is -2.25. The van der Waals surface area contributed by atoms with Gasteiger partial charge in [0.15, 0.2) is 0 Å². The molecule has 0 bridgehead atoms. The number of carbonyl (C=O) groups excluding carboxylic acids is 3. The Morgan fingerprint density at radius 2 is 2.05 bits per heavy atom. The van der Waals surface area contributed by atoms with E-state index in [1.807, 2.05) is 20.8 Å². The minimum atomic E-state index is -0.495. The van der Waals surface area contributed by atoms with E-state index < -0.39 is 6.04 Å². The molecule has 2 unspecified atom stereocenters. The lowest BCUT2D eigenvalue weighted by Crippen LogP contribution is -2.49. The summed E-state index contributed by atoms with van der Waals surface area (Å²) in [5.74, 6) is -0.193. The molecule has 1 N–H and O–H groups in total. The van der Waals surface area contributed by atoms with Gasteiger partial charge in [0.1, 0.15) is 6.04 Å². The summed E-state index contributed by atoms with van der Waals surface area (Å²) in [7, 11) is 1.30. The maximum atomic E-state index is 12.2. The zero-order valence-corrected chi connectivity index (χ0v) is 13.7. The molecule has 0 saturated carbocycles. The quantitative estimate of drug-likeness (QED) is 0.603. The van der Waals surface area contributed by atoms with Crippen LogP contribution in [0.15, 0.2) is 11.6 Å². The molecule has 1 saturated heterocycles. The number of allylic oxidation sites excluding steroid dienone is 1. The van der Waals surface area contributed by atoms with Gasteiger partial charge in [-0.3, -0.25) is 14.4 Å². The number of hydrogen-bond donors (Lipinski definition) is 1. The Bertz CT molecular complexity index is 446. The standard InChI is InChI=1S/C14H22N2O4S/c1-9(2)7-12(17)16-10(3)21-8-11(16)14(19)15-6-5-13(18)20-4/h7,10-11H,5-6,8H2,1-4H3,(H,15,19). The predicted octanol–water partition coefficient (Wildman–Crippen LogP) is 0.922. The van der Waals surface area contributed by atoms with Gasteiger partial charge >= 0.3 is 5.97 Å². The summed E-state index contributed by atoms with van der Waals surface area (Å²) in [6, 6.07) is -0.495. The zero-order chi connectivity index (χ0) is 16.0. The van der Waals surface area contributed by atoms with Crippen LogP contribution in [0.1, 0.15) is 27.2 Å². The molecule has 6 nitrogen and oxygen atoms in total. The molecule has 21 heavy (non-hydrogen) atoms. The van der Waals surface area contributed by atoms with Crippen molar-refractivity contribution < 1.29 is 19.1 Å². The van der Waals surface area contributed by atoms with Crippen molar-refractivity contribution in [1.29, 1.82) is 0 Å². The summed E-state index contributed by atoms with van der Waals surface area (Å²) >= 11 is 1.56. The fourth-order valence-corrected chi connectivity index (χ4v) is 3.19. The lowest BCUT2D eigenvalue weighted by atomic mass is 10.2. The van der Waals surface area contributed by atoms with Crippen molar-refractivity contribution in [1.82, 2.24) is 10.2 Å². The number of methoxy groups -OCH3 is 1. The molecule has 1 fully saturated rings. The van der Waals surface area contributed by atoms with Gasteiger partial charge in [-0.25, -0.2) is 0 Å². The number of rotatable bonds is 5. The normalized spacial score (nSPS) is 20.9. The van der Waals surface area contributed by atoms with E-state index in [1.54, 1.807) is 16.7 Å². The molecule has 1 rings (SSSR count). The topological polar surface area (TPSA) is 75.7 Å². The highest BCUT2D eigenvalue weighted by Crippen LogP contribution is 2.29. The molecule has 2 amide bonds. The molecule has 1 aliphatic rings. The van der Waals surface area contributed by atoms with Crippen LogP contribution in [0.5, 0.6) is 0 Å².